The zero-order chi connectivity index (χ0) is 9.54. The van der Waals surface area contributed by atoms with Crippen molar-refractivity contribution < 1.29 is 0 Å². The molecule has 0 bridgehead atoms. The Balaban J connectivity index is 2.11. The van der Waals surface area contributed by atoms with Crippen molar-refractivity contribution in [3.63, 3.8) is 0 Å². The SMILES string of the molecule is Cc1nc(C2CC2)c(-c2ccn[nH]2)s1. The molecule has 0 spiro atoms. The zero-order valence-electron chi connectivity index (χ0n) is 7.95. The van der Waals surface area contributed by atoms with Crippen molar-refractivity contribution in [2.45, 2.75) is 25.7 Å². The van der Waals surface area contributed by atoms with Gasteiger partial charge in [0.25, 0.3) is 0 Å². The van der Waals surface area contributed by atoms with E-state index in [0.717, 1.165) is 10.7 Å². The van der Waals surface area contributed by atoms with E-state index in [1.165, 1.54) is 23.4 Å². The number of aromatic nitrogens is 3. The van der Waals surface area contributed by atoms with Crippen LogP contribution in [0.25, 0.3) is 10.6 Å². The molecule has 0 unspecified atom stereocenters. The Kier molecular flexibility index (Phi) is 1.70. The van der Waals surface area contributed by atoms with Crippen molar-refractivity contribution in [1.29, 1.82) is 0 Å². The minimum Gasteiger partial charge on any atom is -0.277 e. The van der Waals surface area contributed by atoms with Gasteiger partial charge in [0.2, 0.25) is 0 Å². The third kappa shape index (κ3) is 1.26. The smallest absolute Gasteiger partial charge is 0.0904 e. The number of thiazole rings is 1. The van der Waals surface area contributed by atoms with E-state index in [4.69, 9.17) is 0 Å². The molecule has 3 rings (SSSR count). The van der Waals surface area contributed by atoms with Crippen molar-refractivity contribution >= 4 is 11.3 Å². The second-order valence-corrected chi connectivity index (χ2v) is 4.90. The van der Waals surface area contributed by atoms with Gasteiger partial charge in [-0.05, 0) is 25.8 Å². The Bertz CT molecular complexity index is 440. The molecule has 2 aromatic heterocycles. The number of aryl methyl sites for hydroxylation is 1. The third-order valence-electron chi connectivity index (χ3n) is 2.47. The molecular weight excluding hydrogens is 194 g/mol. The molecule has 0 aliphatic heterocycles. The molecule has 2 aromatic rings. The molecule has 72 valence electrons. The summed E-state index contributed by atoms with van der Waals surface area (Å²) in [5.74, 6) is 0.707. The van der Waals surface area contributed by atoms with E-state index in [1.54, 1.807) is 17.5 Å². The number of rotatable bonds is 2. The first-order chi connectivity index (χ1) is 6.84. The fraction of sp³-hybridized carbons (Fsp3) is 0.400. The van der Waals surface area contributed by atoms with Crippen molar-refractivity contribution in [2.75, 3.05) is 0 Å². The van der Waals surface area contributed by atoms with E-state index in [2.05, 4.69) is 22.1 Å². The normalized spacial score (nSPS) is 16.1. The van der Waals surface area contributed by atoms with Crippen LogP contribution in [0.4, 0.5) is 0 Å². The molecular formula is C10H11N3S. The van der Waals surface area contributed by atoms with E-state index < -0.39 is 0 Å². The van der Waals surface area contributed by atoms with E-state index in [9.17, 15) is 0 Å². The summed E-state index contributed by atoms with van der Waals surface area (Å²) in [6, 6.07) is 2.01. The van der Waals surface area contributed by atoms with E-state index >= 15 is 0 Å². The summed E-state index contributed by atoms with van der Waals surface area (Å²) in [4.78, 5) is 5.88. The molecule has 14 heavy (non-hydrogen) atoms. The second kappa shape index (κ2) is 2.92. The average molecular weight is 205 g/mol. The highest BCUT2D eigenvalue weighted by atomic mass is 32.1. The van der Waals surface area contributed by atoms with Crippen LogP contribution >= 0.6 is 11.3 Å². The molecule has 0 aromatic carbocycles. The maximum Gasteiger partial charge on any atom is 0.0904 e. The molecule has 1 aliphatic rings. The van der Waals surface area contributed by atoms with Crippen LogP contribution in [0.3, 0.4) is 0 Å². The largest absolute Gasteiger partial charge is 0.277 e. The predicted molar refractivity (Wildman–Crippen MR) is 56.4 cm³/mol. The summed E-state index contributed by atoms with van der Waals surface area (Å²) in [6.07, 6.45) is 4.38. The molecule has 3 nitrogen and oxygen atoms in total. The van der Waals surface area contributed by atoms with Crippen LogP contribution in [0, 0.1) is 6.92 Å². The van der Waals surface area contributed by atoms with Crippen LogP contribution in [0.15, 0.2) is 12.3 Å². The van der Waals surface area contributed by atoms with Gasteiger partial charge in [-0.2, -0.15) is 5.10 Å². The van der Waals surface area contributed by atoms with Crippen molar-refractivity contribution in [3.05, 3.63) is 23.0 Å². The number of hydrogen-bond donors (Lipinski definition) is 1. The standard InChI is InChI=1S/C10H11N3S/c1-6-12-9(7-2-3-7)10(14-6)8-4-5-11-13-8/h4-5,7H,2-3H2,1H3,(H,11,13). The minimum absolute atomic E-state index is 0.707. The van der Waals surface area contributed by atoms with Crippen molar-refractivity contribution in [2.24, 2.45) is 0 Å². The molecule has 2 heterocycles. The zero-order valence-corrected chi connectivity index (χ0v) is 8.77. The van der Waals surface area contributed by atoms with Gasteiger partial charge in [-0.15, -0.1) is 11.3 Å². The fourth-order valence-electron chi connectivity index (χ4n) is 1.65. The highest BCUT2D eigenvalue weighted by molar-refractivity contribution is 7.15. The first-order valence-corrected chi connectivity index (χ1v) is 5.63. The summed E-state index contributed by atoms with van der Waals surface area (Å²) in [7, 11) is 0. The monoisotopic (exact) mass is 205 g/mol. The molecule has 1 N–H and O–H groups in total. The Morgan fingerprint density at radius 2 is 2.36 bits per heavy atom. The van der Waals surface area contributed by atoms with Crippen LogP contribution < -0.4 is 0 Å². The Morgan fingerprint density at radius 3 is 3.00 bits per heavy atom. The Labute approximate surface area is 86.2 Å². The maximum atomic E-state index is 4.60. The first-order valence-electron chi connectivity index (χ1n) is 4.81. The summed E-state index contributed by atoms with van der Waals surface area (Å²) in [5, 5.41) is 8.14. The van der Waals surface area contributed by atoms with Gasteiger partial charge in [0.15, 0.2) is 0 Å². The number of nitrogens with zero attached hydrogens (tertiary/aromatic N) is 2. The predicted octanol–water partition coefficient (Wildman–Crippen LogP) is 2.72. The number of nitrogens with one attached hydrogen (secondary N) is 1. The summed E-state index contributed by atoms with van der Waals surface area (Å²) >= 11 is 1.76. The fourth-order valence-corrected chi connectivity index (χ4v) is 2.63. The molecule has 4 heteroatoms. The van der Waals surface area contributed by atoms with Crippen LogP contribution in [-0.2, 0) is 0 Å². The van der Waals surface area contributed by atoms with Crippen molar-refractivity contribution in [1.82, 2.24) is 15.2 Å². The van der Waals surface area contributed by atoms with Gasteiger partial charge in [-0.1, -0.05) is 0 Å². The lowest BCUT2D eigenvalue weighted by atomic mass is 10.2. The summed E-state index contributed by atoms with van der Waals surface area (Å²) in [5.41, 5.74) is 2.38. The van der Waals surface area contributed by atoms with Gasteiger partial charge in [-0.3, -0.25) is 5.10 Å². The Hall–Kier alpha value is -1.16. The quantitative estimate of drug-likeness (QED) is 0.819. The molecule has 0 atom stereocenters. The maximum absolute atomic E-state index is 4.60. The molecule has 1 aliphatic carbocycles. The van der Waals surface area contributed by atoms with Gasteiger partial charge in [0, 0.05) is 12.1 Å². The Morgan fingerprint density at radius 1 is 1.50 bits per heavy atom. The van der Waals surface area contributed by atoms with Gasteiger partial charge in [-0.25, -0.2) is 4.98 Å². The van der Waals surface area contributed by atoms with Crippen LogP contribution in [0.5, 0.6) is 0 Å². The second-order valence-electron chi connectivity index (χ2n) is 3.69. The summed E-state index contributed by atoms with van der Waals surface area (Å²) in [6.45, 7) is 2.07. The van der Waals surface area contributed by atoms with Gasteiger partial charge in [0.05, 0.1) is 21.3 Å². The number of H-pyrrole nitrogens is 1. The third-order valence-corrected chi connectivity index (χ3v) is 3.49. The van der Waals surface area contributed by atoms with E-state index in [1.807, 2.05) is 6.07 Å². The highest BCUT2D eigenvalue weighted by Crippen LogP contribution is 2.45. The number of hydrogen-bond acceptors (Lipinski definition) is 3. The topological polar surface area (TPSA) is 41.6 Å². The molecule has 1 fully saturated rings. The van der Waals surface area contributed by atoms with Crippen LogP contribution in [-0.4, -0.2) is 15.2 Å². The van der Waals surface area contributed by atoms with Crippen LogP contribution in [0.1, 0.15) is 29.5 Å². The lowest BCUT2D eigenvalue weighted by Crippen LogP contribution is -1.84. The van der Waals surface area contributed by atoms with Gasteiger partial charge >= 0.3 is 0 Å². The minimum atomic E-state index is 0.707. The van der Waals surface area contributed by atoms with E-state index in [-0.39, 0.29) is 0 Å². The molecule has 1 saturated carbocycles. The highest BCUT2D eigenvalue weighted by Gasteiger charge is 2.29. The van der Waals surface area contributed by atoms with Crippen LogP contribution in [0.2, 0.25) is 0 Å². The van der Waals surface area contributed by atoms with Crippen molar-refractivity contribution in [3.8, 4) is 10.6 Å². The lowest BCUT2D eigenvalue weighted by Gasteiger charge is -1.95. The van der Waals surface area contributed by atoms with Gasteiger partial charge in [0.1, 0.15) is 0 Å². The number of aromatic amines is 1. The average Bonchev–Trinajstić information content (AvgIpc) is 2.74. The van der Waals surface area contributed by atoms with Gasteiger partial charge < -0.3 is 0 Å². The van der Waals surface area contributed by atoms with E-state index in [0.29, 0.717) is 5.92 Å². The molecule has 0 radical (unpaired) electrons. The molecule has 0 amide bonds. The molecule has 0 saturated heterocycles. The first kappa shape index (κ1) is 8.17. The summed E-state index contributed by atoms with van der Waals surface area (Å²) < 4.78 is 0. The lowest BCUT2D eigenvalue weighted by molar-refractivity contribution is 1.03.